The molecule has 1 aromatic heterocycles. The van der Waals surface area contributed by atoms with E-state index in [9.17, 15) is 8.42 Å². The van der Waals surface area contributed by atoms with Crippen LogP contribution in [0, 0.1) is 0 Å². The predicted octanol–water partition coefficient (Wildman–Crippen LogP) is 4.15. The molecule has 1 N–H and O–H groups in total. The van der Waals surface area contributed by atoms with E-state index in [0.717, 1.165) is 36.4 Å². The molecule has 6 nitrogen and oxygen atoms in total. The largest absolute Gasteiger partial charge is 0.342 e. The molecule has 1 aliphatic heterocycles. The third kappa shape index (κ3) is 4.86. The monoisotopic (exact) mass is 466 g/mol. The minimum atomic E-state index is -3.09. The van der Waals surface area contributed by atoms with E-state index in [1.165, 1.54) is 36.8 Å². The summed E-state index contributed by atoms with van der Waals surface area (Å²) in [6, 6.07) is 17.6. The van der Waals surface area contributed by atoms with Crippen molar-refractivity contribution in [3.05, 3.63) is 65.5 Å². The Balaban J connectivity index is 1.33. The average molecular weight is 467 g/mol. The number of piperazine rings is 1. The molecule has 0 unspecified atom stereocenters. The molecule has 0 radical (unpaired) electrons. The molecule has 2 heterocycles. The van der Waals surface area contributed by atoms with E-state index in [0.29, 0.717) is 25.0 Å². The normalized spacial score (nSPS) is 23.2. The van der Waals surface area contributed by atoms with Gasteiger partial charge in [-0.25, -0.2) is 13.4 Å². The number of imidazole rings is 1. The Morgan fingerprint density at radius 3 is 2.52 bits per heavy atom. The van der Waals surface area contributed by atoms with Gasteiger partial charge in [-0.2, -0.15) is 4.31 Å². The van der Waals surface area contributed by atoms with Gasteiger partial charge in [0.15, 0.2) is 0 Å². The first-order valence-electron chi connectivity index (χ1n) is 12.3. The van der Waals surface area contributed by atoms with Crippen molar-refractivity contribution in [3.63, 3.8) is 0 Å². The van der Waals surface area contributed by atoms with Crippen molar-refractivity contribution in [2.45, 2.75) is 51.0 Å². The van der Waals surface area contributed by atoms with Gasteiger partial charge in [0.1, 0.15) is 5.82 Å². The second-order valence-corrected chi connectivity index (χ2v) is 11.7. The van der Waals surface area contributed by atoms with Crippen LogP contribution in [0.3, 0.4) is 0 Å². The second kappa shape index (κ2) is 9.57. The van der Waals surface area contributed by atoms with Crippen LogP contribution in [0.15, 0.2) is 48.5 Å². The molecule has 33 heavy (non-hydrogen) atoms. The van der Waals surface area contributed by atoms with E-state index >= 15 is 0 Å². The van der Waals surface area contributed by atoms with Gasteiger partial charge in [0.25, 0.3) is 0 Å². The van der Waals surface area contributed by atoms with Crippen molar-refractivity contribution in [1.82, 2.24) is 19.2 Å². The molecule has 3 aromatic rings. The summed E-state index contributed by atoms with van der Waals surface area (Å²) in [6.45, 7) is 4.61. The highest BCUT2D eigenvalue weighted by atomic mass is 32.2. The molecule has 2 fully saturated rings. The zero-order valence-corrected chi connectivity index (χ0v) is 20.2. The summed E-state index contributed by atoms with van der Waals surface area (Å²) in [7, 11) is -3.09. The van der Waals surface area contributed by atoms with Crippen LogP contribution < -0.4 is 0 Å². The molecular formula is C26H34N4O2S. The molecular weight excluding hydrogens is 432 g/mol. The van der Waals surface area contributed by atoms with Crippen molar-refractivity contribution in [2.75, 3.05) is 31.9 Å². The van der Waals surface area contributed by atoms with E-state index in [-0.39, 0.29) is 5.75 Å². The minimum Gasteiger partial charge on any atom is -0.342 e. The summed E-state index contributed by atoms with van der Waals surface area (Å²) in [6.07, 6.45) is 5.69. The lowest BCUT2D eigenvalue weighted by Gasteiger charge is -2.44. The van der Waals surface area contributed by atoms with Gasteiger partial charge in [-0.05, 0) is 48.9 Å². The molecule has 1 aliphatic carbocycles. The van der Waals surface area contributed by atoms with E-state index in [1.807, 2.05) is 6.07 Å². The van der Waals surface area contributed by atoms with Crippen LogP contribution in [0.5, 0.6) is 0 Å². The van der Waals surface area contributed by atoms with Gasteiger partial charge in [-0.3, -0.25) is 4.90 Å². The van der Waals surface area contributed by atoms with Crippen LogP contribution in [0.1, 0.15) is 55.5 Å². The lowest BCUT2D eigenvalue weighted by atomic mass is 9.79. The highest BCUT2D eigenvalue weighted by Gasteiger charge is 2.35. The molecule has 1 saturated carbocycles. The van der Waals surface area contributed by atoms with Gasteiger partial charge in [0.05, 0.1) is 16.8 Å². The van der Waals surface area contributed by atoms with E-state index in [4.69, 9.17) is 4.98 Å². The van der Waals surface area contributed by atoms with Crippen LogP contribution in [-0.4, -0.2) is 65.6 Å². The predicted molar refractivity (Wildman–Crippen MR) is 133 cm³/mol. The maximum Gasteiger partial charge on any atom is 0.213 e. The van der Waals surface area contributed by atoms with Gasteiger partial charge < -0.3 is 4.98 Å². The second-order valence-electron chi connectivity index (χ2n) is 9.42. The number of nitrogens with one attached hydrogen (secondary N) is 1. The van der Waals surface area contributed by atoms with E-state index < -0.39 is 10.0 Å². The fourth-order valence-corrected chi connectivity index (χ4v) is 6.70. The van der Waals surface area contributed by atoms with Crippen LogP contribution in [0.2, 0.25) is 0 Å². The van der Waals surface area contributed by atoms with Gasteiger partial charge in [0.2, 0.25) is 10.0 Å². The first kappa shape index (κ1) is 22.6. The number of aromatic nitrogens is 2. The Morgan fingerprint density at radius 1 is 1.00 bits per heavy atom. The third-order valence-corrected chi connectivity index (χ3v) is 9.31. The number of benzene rings is 2. The van der Waals surface area contributed by atoms with E-state index in [2.05, 4.69) is 52.3 Å². The third-order valence-electron chi connectivity index (χ3n) is 7.43. The number of rotatable bonds is 6. The molecule has 5 rings (SSSR count). The maximum atomic E-state index is 12.3. The number of aromatic amines is 1. The first-order chi connectivity index (χ1) is 16.0. The highest BCUT2D eigenvalue weighted by Crippen LogP contribution is 2.37. The van der Waals surface area contributed by atoms with E-state index in [1.54, 1.807) is 11.2 Å². The van der Waals surface area contributed by atoms with Crippen LogP contribution >= 0.6 is 0 Å². The van der Waals surface area contributed by atoms with Gasteiger partial charge in [0, 0.05) is 38.6 Å². The Hall–Kier alpha value is -2.22. The summed E-state index contributed by atoms with van der Waals surface area (Å²) in [5.41, 5.74) is 4.77. The molecule has 2 aliphatic rings. The van der Waals surface area contributed by atoms with Crippen molar-refractivity contribution in [2.24, 2.45) is 0 Å². The smallest absolute Gasteiger partial charge is 0.213 e. The lowest BCUT2D eigenvalue weighted by Crippen LogP contribution is -2.54. The van der Waals surface area contributed by atoms with Crippen molar-refractivity contribution in [1.29, 1.82) is 0 Å². The summed E-state index contributed by atoms with van der Waals surface area (Å²) in [4.78, 5) is 10.9. The molecule has 0 amide bonds. The topological polar surface area (TPSA) is 69.3 Å². The fraction of sp³-hybridized carbons (Fsp3) is 0.500. The van der Waals surface area contributed by atoms with Crippen molar-refractivity contribution < 1.29 is 8.42 Å². The summed E-state index contributed by atoms with van der Waals surface area (Å²) < 4.78 is 26.2. The Morgan fingerprint density at radius 2 is 1.76 bits per heavy atom. The molecule has 7 heteroatoms. The first-order valence-corrected chi connectivity index (χ1v) is 13.9. The fourth-order valence-electron chi connectivity index (χ4n) is 5.62. The quantitative estimate of drug-likeness (QED) is 0.593. The van der Waals surface area contributed by atoms with Crippen LogP contribution in [0.25, 0.3) is 11.0 Å². The molecule has 2 aromatic carbocycles. The molecule has 1 saturated heterocycles. The number of fused-ring (bicyclic) bond motifs is 1. The average Bonchev–Trinajstić information content (AvgIpc) is 3.26. The number of H-pyrrole nitrogens is 1. The minimum absolute atomic E-state index is 0.190. The number of hydrogen-bond donors (Lipinski definition) is 1. The lowest BCUT2D eigenvalue weighted by molar-refractivity contribution is 0.0965. The van der Waals surface area contributed by atoms with Gasteiger partial charge in [-0.1, -0.05) is 49.2 Å². The molecule has 0 spiro atoms. The number of hydrogen-bond acceptors (Lipinski definition) is 4. The summed E-state index contributed by atoms with van der Waals surface area (Å²) in [5, 5.41) is 0. The SMILES string of the molecule is CCS(=O)(=O)N1CCN([C@@H]2CCCC[C@@H]2c2ccc3nc(Cc4ccccc4)[nH]c3c2)CC1. The molecule has 176 valence electrons. The summed E-state index contributed by atoms with van der Waals surface area (Å²) >= 11 is 0. The Labute approximate surface area is 197 Å². The van der Waals surface area contributed by atoms with Crippen molar-refractivity contribution >= 4 is 21.1 Å². The van der Waals surface area contributed by atoms with Gasteiger partial charge in [-0.15, -0.1) is 0 Å². The number of nitrogens with zero attached hydrogens (tertiary/aromatic N) is 3. The van der Waals surface area contributed by atoms with Crippen molar-refractivity contribution in [3.8, 4) is 0 Å². The summed E-state index contributed by atoms with van der Waals surface area (Å²) in [5.74, 6) is 1.68. The zero-order valence-electron chi connectivity index (χ0n) is 19.4. The zero-order chi connectivity index (χ0) is 22.8. The Bertz CT molecular complexity index is 1180. The number of sulfonamides is 1. The molecule has 0 bridgehead atoms. The highest BCUT2D eigenvalue weighted by molar-refractivity contribution is 7.89. The maximum absolute atomic E-state index is 12.3. The standard InChI is InChI=1S/C26H34N4O2S/c1-2-33(31,32)30-16-14-29(15-17-30)25-11-7-6-10-22(25)21-12-13-23-24(19-21)28-26(27-23)18-20-8-4-3-5-9-20/h3-5,8-9,12-13,19,22,25H,2,6-7,10-11,14-18H2,1H3,(H,27,28)/t22-,25-/m1/s1. The van der Waals surface area contributed by atoms with Crippen LogP contribution in [-0.2, 0) is 16.4 Å². The van der Waals surface area contributed by atoms with Gasteiger partial charge >= 0.3 is 0 Å². The molecule has 2 atom stereocenters. The van der Waals surface area contributed by atoms with Crippen LogP contribution in [0.4, 0.5) is 0 Å². The Kier molecular flexibility index (Phi) is 6.54.